The highest BCUT2D eigenvalue weighted by atomic mass is 16.2. The molecule has 1 aromatic carbocycles. The molecule has 5 N–H and O–H groups in total. The van der Waals surface area contributed by atoms with Crippen LogP contribution in [0.15, 0.2) is 12.1 Å². The number of anilines is 1. The van der Waals surface area contributed by atoms with E-state index in [9.17, 15) is 19.2 Å². The Morgan fingerprint density at radius 2 is 1.87 bits per heavy atom. The lowest BCUT2D eigenvalue weighted by Gasteiger charge is -2.32. The molecule has 3 fully saturated rings. The molecule has 0 bridgehead atoms. The molecule has 31 heavy (non-hydrogen) atoms. The van der Waals surface area contributed by atoms with Crippen molar-refractivity contribution in [2.75, 3.05) is 5.32 Å². The molecule has 3 aliphatic heterocycles. The molecule has 5 rings (SSSR count). The fourth-order valence-electron chi connectivity index (χ4n) is 6.42. The summed E-state index contributed by atoms with van der Waals surface area (Å²) in [4.78, 5) is 54.1. The maximum absolute atomic E-state index is 13.8. The second-order valence-corrected chi connectivity index (χ2v) is 9.60. The zero-order chi connectivity index (χ0) is 22.1. The number of carbonyl (C=O) groups excluding carboxylic acids is 4. The van der Waals surface area contributed by atoms with Crippen LogP contribution in [0.5, 0.6) is 0 Å². The Hall–Kier alpha value is -2.74. The van der Waals surface area contributed by atoms with Gasteiger partial charge in [0.05, 0.1) is 12.1 Å². The summed E-state index contributed by atoms with van der Waals surface area (Å²) in [5, 5.41) is 4.76. The molecule has 3 heterocycles. The van der Waals surface area contributed by atoms with Gasteiger partial charge < -0.3 is 16.4 Å². The molecule has 164 valence electrons. The number of nitrogens with one attached hydrogen (secondary N) is 1. The van der Waals surface area contributed by atoms with Gasteiger partial charge in [0.25, 0.3) is 5.91 Å². The maximum atomic E-state index is 13.8. The van der Waals surface area contributed by atoms with Gasteiger partial charge in [0, 0.05) is 11.6 Å². The minimum Gasteiger partial charge on any atom is -0.369 e. The van der Waals surface area contributed by atoms with Crippen LogP contribution in [-0.4, -0.2) is 40.6 Å². The highest BCUT2D eigenvalue weighted by Gasteiger charge is 2.74. The van der Waals surface area contributed by atoms with Gasteiger partial charge >= 0.3 is 0 Å². The molecule has 0 unspecified atom stereocenters. The van der Waals surface area contributed by atoms with Crippen LogP contribution in [0.4, 0.5) is 5.69 Å². The summed E-state index contributed by atoms with van der Waals surface area (Å²) in [6.45, 7) is 3.91. The van der Waals surface area contributed by atoms with E-state index in [4.69, 9.17) is 5.73 Å². The number of aryl methyl sites for hydroxylation is 1. The summed E-state index contributed by atoms with van der Waals surface area (Å²) in [5.74, 6) is -2.88. The smallest absolute Gasteiger partial charge is 0.291 e. The molecule has 8 heteroatoms. The molecular formula is C23H29N4O4+. The van der Waals surface area contributed by atoms with Gasteiger partial charge in [-0.3, -0.25) is 24.1 Å². The Labute approximate surface area is 180 Å². The van der Waals surface area contributed by atoms with Crippen LogP contribution in [0, 0.1) is 25.7 Å². The monoisotopic (exact) mass is 425 g/mol. The Morgan fingerprint density at radius 3 is 2.55 bits per heavy atom. The molecule has 8 nitrogen and oxygen atoms in total. The number of amides is 4. The van der Waals surface area contributed by atoms with E-state index in [1.807, 2.05) is 26.0 Å². The summed E-state index contributed by atoms with van der Waals surface area (Å²) in [5.41, 5.74) is 7.70. The van der Waals surface area contributed by atoms with Crippen LogP contribution in [0.1, 0.15) is 55.2 Å². The van der Waals surface area contributed by atoms with Gasteiger partial charge in [0.2, 0.25) is 23.3 Å². The minimum absolute atomic E-state index is 0.0477. The Kier molecular flexibility index (Phi) is 4.48. The lowest BCUT2D eigenvalue weighted by Crippen LogP contribution is -2.99. The first-order valence-electron chi connectivity index (χ1n) is 11.2. The average Bonchev–Trinajstić information content (AvgIpc) is 3.30. The van der Waals surface area contributed by atoms with Crippen LogP contribution in [0.25, 0.3) is 0 Å². The Morgan fingerprint density at radius 1 is 1.16 bits per heavy atom. The number of hydrogen-bond acceptors (Lipinski definition) is 4. The number of hydrogen-bond donors (Lipinski definition) is 3. The summed E-state index contributed by atoms with van der Waals surface area (Å²) in [6.07, 6.45) is 4.63. The number of nitrogens with two attached hydrogens (primary N) is 2. The number of fused-ring (bicyclic) bond motifs is 4. The van der Waals surface area contributed by atoms with Crippen molar-refractivity contribution in [1.82, 2.24) is 4.90 Å². The molecule has 4 aliphatic rings. The lowest BCUT2D eigenvalue weighted by molar-refractivity contribution is -0.732. The van der Waals surface area contributed by atoms with Crippen LogP contribution in [-0.2, 0) is 24.7 Å². The quantitative estimate of drug-likeness (QED) is 0.598. The van der Waals surface area contributed by atoms with Gasteiger partial charge in [-0.25, -0.2) is 0 Å². The molecule has 4 amide bonds. The highest BCUT2D eigenvalue weighted by molar-refractivity contribution is 6.14. The number of benzene rings is 1. The average molecular weight is 426 g/mol. The van der Waals surface area contributed by atoms with E-state index < -0.39 is 29.3 Å². The fraction of sp³-hybridized carbons (Fsp3) is 0.565. The van der Waals surface area contributed by atoms with E-state index in [-0.39, 0.29) is 30.2 Å². The zero-order valence-electron chi connectivity index (χ0n) is 17.9. The number of rotatable bonds is 3. The van der Waals surface area contributed by atoms with Crippen molar-refractivity contribution in [3.8, 4) is 0 Å². The van der Waals surface area contributed by atoms with Crippen molar-refractivity contribution in [3.05, 3.63) is 28.8 Å². The highest BCUT2D eigenvalue weighted by Crippen LogP contribution is 2.51. The first-order chi connectivity index (χ1) is 14.8. The number of nitrogens with zero attached hydrogens (tertiary/aromatic N) is 1. The Bertz CT molecular complexity index is 1020. The van der Waals surface area contributed by atoms with Crippen LogP contribution < -0.4 is 16.4 Å². The number of likely N-dealkylation sites (tertiary alicyclic amines) is 1. The van der Waals surface area contributed by atoms with Crippen LogP contribution >= 0.6 is 0 Å². The summed E-state index contributed by atoms with van der Waals surface area (Å²) >= 11 is 0. The molecule has 0 aromatic heterocycles. The predicted molar refractivity (Wildman–Crippen MR) is 111 cm³/mol. The van der Waals surface area contributed by atoms with Gasteiger partial charge in [-0.2, -0.15) is 0 Å². The molecule has 1 saturated carbocycles. The summed E-state index contributed by atoms with van der Waals surface area (Å²) in [6, 6.07) is 3.18. The molecule has 1 aliphatic carbocycles. The van der Waals surface area contributed by atoms with E-state index >= 15 is 0 Å². The lowest BCUT2D eigenvalue weighted by atomic mass is 9.76. The molecule has 1 aromatic rings. The zero-order valence-corrected chi connectivity index (χ0v) is 17.9. The van der Waals surface area contributed by atoms with Crippen molar-refractivity contribution in [2.24, 2.45) is 17.6 Å². The number of primary amides is 1. The van der Waals surface area contributed by atoms with Crippen molar-refractivity contribution >= 4 is 29.3 Å². The van der Waals surface area contributed by atoms with Gasteiger partial charge in [-0.05, 0) is 43.9 Å². The first kappa shape index (κ1) is 20.2. The van der Waals surface area contributed by atoms with Crippen molar-refractivity contribution in [1.29, 1.82) is 0 Å². The number of carbonyl (C=O) groups is 4. The standard InChI is InChI=1S/C23H28N4O4/c1-11-8-9-14-19(12(11)2)25-22(31)23(14)18-17(15(26-23)10-16(24)28)20(29)27(21(18)30)13-6-4-3-5-7-13/h8-9,13,15,17-18,26H,3-7,10H2,1-2H3,(H2,24,28)(H,25,31)/p+1/t15-,17-,18+,23-/m1/s1. The molecule has 0 radical (unpaired) electrons. The SMILES string of the molecule is Cc1ccc2c(c1C)NC(=O)[C@@]21[NH2+][C@H](CC(N)=O)[C@H]2C(=O)N(C3CCCCC3)C(=O)[C@H]21. The molecular weight excluding hydrogens is 396 g/mol. The third-order valence-corrected chi connectivity index (χ3v) is 7.99. The predicted octanol–water partition coefficient (Wildman–Crippen LogP) is 0.206. The van der Waals surface area contributed by atoms with E-state index in [1.165, 1.54) is 4.90 Å². The molecule has 1 spiro atoms. The fourth-order valence-corrected chi connectivity index (χ4v) is 6.42. The van der Waals surface area contributed by atoms with E-state index in [0.29, 0.717) is 0 Å². The second kappa shape index (κ2) is 6.88. The first-order valence-corrected chi connectivity index (χ1v) is 11.2. The second-order valence-electron chi connectivity index (χ2n) is 9.60. The minimum atomic E-state index is -1.24. The van der Waals surface area contributed by atoms with Crippen LogP contribution in [0.3, 0.4) is 0 Å². The third kappa shape index (κ3) is 2.63. The summed E-state index contributed by atoms with van der Waals surface area (Å²) in [7, 11) is 0. The van der Waals surface area contributed by atoms with E-state index in [2.05, 4.69) is 5.32 Å². The molecule has 2 saturated heterocycles. The topological polar surface area (TPSA) is 126 Å². The van der Waals surface area contributed by atoms with Gasteiger partial charge in [-0.15, -0.1) is 0 Å². The van der Waals surface area contributed by atoms with E-state index in [1.54, 1.807) is 5.32 Å². The number of imide groups is 1. The van der Waals surface area contributed by atoms with Crippen molar-refractivity contribution < 1.29 is 24.5 Å². The largest absolute Gasteiger partial charge is 0.369 e. The third-order valence-electron chi connectivity index (χ3n) is 7.99. The van der Waals surface area contributed by atoms with E-state index in [0.717, 1.165) is 54.5 Å². The van der Waals surface area contributed by atoms with Gasteiger partial charge in [-0.1, -0.05) is 25.3 Å². The van der Waals surface area contributed by atoms with Crippen molar-refractivity contribution in [3.63, 3.8) is 0 Å². The van der Waals surface area contributed by atoms with Gasteiger partial charge in [0.1, 0.15) is 17.9 Å². The van der Waals surface area contributed by atoms with Gasteiger partial charge in [0.15, 0.2) is 0 Å². The Balaban J connectivity index is 1.65. The molecule has 4 atom stereocenters. The number of quaternary nitrogens is 1. The van der Waals surface area contributed by atoms with Crippen LogP contribution in [0.2, 0.25) is 0 Å². The summed E-state index contributed by atoms with van der Waals surface area (Å²) < 4.78 is 0. The maximum Gasteiger partial charge on any atom is 0.291 e. The van der Waals surface area contributed by atoms with Crippen molar-refractivity contribution in [2.45, 2.75) is 70.0 Å². The normalized spacial score (nSPS) is 32.5.